The normalized spacial score (nSPS) is 16.5. The van der Waals surface area contributed by atoms with Crippen molar-refractivity contribution >= 4 is 17.3 Å². The first-order chi connectivity index (χ1) is 9.08. The lowest BCUT2D eigenvalue weighted by molar-refractivity contribution is -0.384. The summed E-state index contributed by atoms with van der Waals surface area (Å²) < 4.78 is 0. The molecule has 1 aliphatic carbocycles. The van der Waals surface area contributed by atoms with Crippen molar-refractivity contribution in [1.29, 1.82) is 0 Å². The van der Waals surface area contributed by atoms with Gasteiger partial charge in [-0.2, -0.15) is 0 Å². The minimum atomic E-state index is -0.444. The van der Waals surface area contributed by atoms with Gasteiger partial charge in [0.25, 0.3) is 5.69 Å². The van der Waals surface area contributed by atoms with Gasteiger partial charge in [0.1, 0.15) is 11.6 Å². The number of anilines is 2. The molecule has 0 amide bonds. The number of pyridine rings is 1. The molecule has 1 aromatic rings. The van der Waals surface area contributed by atoms with Crippen LogP contribution in [-0.4, -0.2) is 33.7 Å². The number of aliphatic hydroxyl groups is 1. The SMILES string of the molecule is CCNc1cc([N+](=O)[O-])cc(NC2(CO)CCC2)n1. The van der Waals surface area contributed by atoms with Gasteiger partial charge >= 0.3 is 0 Å². The summed E-state index contributed by atoms with van der Waals surface area (Å²) in [6.07, 6.45) is 2.75. The number of rotatable bonds is 6. The van der Waals surface area contributed by atoms with E-state index in [4.69, 9.17) is 0 Å². The van der Waals surface area contributed by atoms with E-state index in [0.717, 1.165) is 19.3 Å². The lowest BCUT2D eigenvalue weighted by Gasteiger charge is -2.41. The van der Waals surface area contributed by atoms with E-state index in [2.05, 4.69) is 15.6 Å². The Hall–Kier alpha value is -1.89. The molecule has 1 aliphatic rings. The van der Waals surface area contributed by atoms with Crippen LogP contribution >= 0.6 is 0 Å². The average Bonchev–Trinajstić information content (AvgIpc) is 2.34. The third kappa shape index (κ3) is 2.93. The average molecular weight is 266 g/mol. The molecule has 104 valence electrons. The second-order valence-corrected chi connectivity index (χ2v) is 4.80. The summed E-state index contributed by atoms with van der Waals surface area (Å²) in [4.78, 5) is 14.7. The molecule has 1 aromatic heterocycles. The van der Waals surface area contributed by atoms with Gasteiger partial charge in [0.2, 0.25) is 0 Å². The van der Waals surface area contributed by atoms with E-state index in [9.17, 15) is 15.2 Å². The lowest BCUT2D eigenvalue weighted by Crippen LogP contribution is -2.48. The van der Waals surface area contributed by atoms with Crippen molar-refractivity contribution in [1.82, 2.24) is 4.98 Å². The Balaban J connectivity index is 2.25. The molecular weight excluding hydrogens is 248 g/mol. The summed E-state index contributed by atoms with van der Waals surface area (Å²) >= 11 is 0. The fourth-order valence-corrected chi connectivity index (χ4v) is 2.16. The summed E-state index contributed by atoms with van der Waals surface area (Å²) in [7, 11) is 0. The molecule has 0 atom stereocenters. The van der Waals surface area contributed by atoms with Gasteiger partial charge in [-0.15, -0.1) is 0 Å². The molecule has 1 heterocycles. The number of nitro groups is 1. The molecule has 0 aromatic carbocycles. The number of hydrogen-bond donors (Lipinski definition) is 3. The summed E-state index contributed by atoms with van der Waals surface area (Å²) in [5.41, 5.74) is -0.382. The Morgan fingerprint density at radius 3 is 2.63 bits per heavy atom. The zero-order valence-electron chi connectivity index (χ0n) is 10.8. The van der Waals surface area contributed by atoms with Crippen molar-refractivity contribution in [3.8, 4) is 0 Å². The van der Waals surface area contributed by atoms with Crippen molar-refractivity contribution in [2.24, 2.45) is 0 Å². The minimum absolute atomic E-state index is 0.00785. The minimum Gasteiger partial charge on any atom is -0.394 e. The topological polar surface area (TPSA) is 100 Å². The largest absolute Gasteiger partial charge is 0.394 e. The monoisotopic (exact) mass is 266 g/mol. The summed E-state index contributed by atoms with van der Waals surface area (Å²) in [6.45, 7) is 2.54. The Morgan fingerprint density at radius 2 is 2.16 bits per heavy atom. The highest BCUT2D eigenvalue weighted by Gasteiger charge is 2.36. The van der Waals surface area contributed by atoms with E-state index >= 15 is 0 Å². The summed E-state index contributed by atoms with van der Waals surface area (Å²) in [6, 6.07) is 2.80. The van der Waals surface area contributed by atoms with Crippen molar-refractivity contribution in [2.75, 3.05) is 23.8 Å². The maximum Gasteiger partial charge on any atom is 0.276 e. The highest BCUT2D eigenvalue weighted by molar-refractivity contribution is 5.55. The smallest absolute Gasteiger partial charge is 0.276 e. The first-order valence-electron chi connectivity index (χ1n) is 6.38. The number of nitrogens with zero attached hydrogens (tertiary/aromatic N) is 2. The molecule has 0 bridgehead atoms. The van der Waals surface area contributed by atoms with E-state index < -0.39 is 4.92 Å². The number of aliphatic hydroxyl groups excluding tert-OH is 1. The highest BCUT2D eigenvalue weighted by Crippen LogP contribution is 2.35. The van der Waals surface area contributed by atoms with Crippen LogP contribution in [-0.2, 0) is 0 Å². The molecule has 0 unspecified atom stereocenters. The van der Waals surface area contributed by atoms with Crippen molar-refractivity contribution in [3.05, 3.63) is 22.2 Å². The van der Waals surface area contributed by atoms with Crippen LogP contribution in [0.3, 0.4) is 0 Å². The van der Waals surface area contributed by atoms with Crippen LogP contribution in [0.1, 0.15) is 26.2 Å². The first kappa shape index (κ1) is 13.5. The molecule has 0 spiro atoms. The van der Waals surface area contributed by atoms with E-state index in [1.54, 1.807) is 0 Å². The van der Waals surface area contributed by atoms with Gasteiger partial charge < -0.3 is 15.7 Å². The van der Waals surface area contributed by atoms with Crippen LogP contribution in [0.15, 0.2) is 12.1 Å². The molecule has 0 aliphatic heterocycles. The van der Waals surface area contributed by atoms with Crippen LogP contribution in [0.5, 0.6) is 0 Å². The fourth-order valence-electron chi connectivity index (χ4n) is 2.16. The molecule has 3 N–H and O–H groups in total. The van der Waals surface area contributed by atoms with Gasteiger partial charge in [0.15, 0.2) is 0 Å². The molecule has 1 fully saturated rings. The molecule has 7 heteroatoms. The highest BCUT2D eigenvalue weighted by atomic mass is 16.6. The molecule has 1 saturated carbocycles. The number of nitrogens with one attached hydrogen (secondary N) is 2. The van der Waals surface area contributed by atoms with Crippen LogP contribution in [0.2, 0.25) is 0 Å². The fraction of sp³-hybridized carbons (Fsp3) is 0.583. The predicted molar refractivity (Wildman–Crippen MR) is 72.3 cm³/mol. The molecule has 0 radical (unpaired) electrons. The van der Waals surface area contributed by atoms with Gasteiger partial charge in [-0.3, -0.25) is 10.1 Å². The van der Waals surface area contributed by atoms with E-state index in [0.29, 0.717) is 18.2 Å². The lowest BCUT2D eigenvalue weighted by atomic mass is 9.77. The maximum atomic E-state index is 10.9. The van der Waals surface area contributed by atoms with Crippen LogP contribution < -0.4 is 10.6 Å². The molecule has 0 saturated heterocycles. The van der Waals surface area contributed by atoms with Crippen molar-refractivity contribution in [3.63, 3.8) is 0 Å². The van der Waals surface area contributed by atoms with Gasteiger partial charge in [0.05, 0.1) is 29.2 Å². The van der Waals surface area contributed by atoms with Gasteiger partial charge in [-0.1, -0.05) is 0 Å². The van der Waals surface area contributed by atoms with Gasteiger partial charge in [-0.05, 0) is 26.2 Å². The van der Waals surface area contributed by atoms with Crippen LogP contribution in [0.4, 0.5) is 17.3 Å². The molecular formula is C12H18N4O3. The van der Waals surface area contributed by atoms with E-state index in [1.165, 1.54) is 12.1 Å². The van der Waals surface area contributed by atoms with Crippen molar-refractivity contribution < 1.29 is 10.0 Å². The Kier molecular flexibility index (Phi) is 3.84. The summed E-state index contributed by atoms with van der Waals surface area (Å²) in [5.74, 6) is 0.894. The van der Waals surface area contributed by atoms with Gasteiger partial charge in [-0.25, -0.2) is 4.98 Å². The number of aromatic nitrogens is 1. The van der Waals surface area contributed by atoms with E-state index in [-0.39, 0.29) is 17.8 Å². The Labute approximate surface area is 111 Å². The zero-order chi connectivity index (χ0) is 13.9. The van der Waals surface area contributed by atoms with Gasteiger partial charge in [0, 0.05) is 6.54 Å². The molecule has 7 nitrogen and oxygen atoms in total. The standard InChI is InChI=1S/C12H18N4O3/c1-2-13-10-6-9(16(18)19)7-11(14-10)15-12(8-17)4-3-5-12/h6-7,17H,2-5,8H2,1H3,(H2,13,14,15). The van der Waals surface area contributed by atoms with Crippen LogP contribution in [0.25, 0.3) is 0 Å². The van der Waals surface area contributed by atoms with Crippen LogP contribution in [0, 0.1) is 10.1 Å². The zero-order valence-corrected chi connectivity index (χ0v) is 10.8. The second-order valence-electron chi connectivity index (χ2n) is 4.80. The predicted octanol–water partition coefficient (Wildman–Crippen LogP) is 1.75. The second kappa shape index (κ2) is 5.40. The van der Waals surface area contributed by atoms with E-state index in [1.807, 2.05) is 6.92 Å². The first-order valence-corrected chi connectivity index (χ1v) is 6.38. The number of hydrogen-bond acceptors (Lipinski definition) is 6. The molecule has 2 rings (SSSR count). The summed E-state index contributed by atoms with van der Waals surface area (Å²) in [5, 5.41) is 26.4. The third-order valence-corrected chi connectivity index (χ3v) is 3.39. The maximum absolute atomic E-state index is 10.9. The Bertz CT molecular complexity index is 469. The van der Waals surface area contributed by atoms with Crippen molar-refractivity contribution in [2.45, 2.75) is 31.7 Å². The quantitative estimate of drug-likeness (QED) is 0.535. The third-order valence-electron chi connectivity index (χ3n) is 3.39. The molecule has 19 heavy (non-hydrogen) atoms. The Morgan fingerprint density at radius 1 is 1.47 bits per heavy atom.